The standard InChI is InChI=1S/C32H26N8O8/c41-23-9-7-21(27(43)37-23)39-29(45)17-3-1-5-19(25(17)31(39)47)35-13-15-11-34-16(12-33-15)14-36-20-6-2-4-18-26(20)32(48)40(30(18)46)22-8-10-24(42)38-28(22)44/h1-6,11-12,21-22,35-36H,7-10,13-14H2,(H,37,41,43)(H,38,42,44). The van der Waals surface area contributed by atoms with Crippen LogP contribution in [0.15, 0.2) is 48.8 Å². The molecule has 7 rings (SSSR count). The molecule has 0 spiro atoms. The van der Waals surface area contributed by atoms with Gasteiger partial charge in [0.15, 0.2) is 0 Å². The van der Waals surface area contributed by atoms with Crippen molar-refractivity contribution in [3.05, 3.63) is 82.4 Å². The van der Waals surface area contributed by atoms with Crippen molar-refractivity contribution in [1.29, 1.82) is 0 Å². The van der Waals surface area contributed by atoms with E-state index in [0.717, 1.165) is 9.80 Å². The number of piperidine rings is 2. The molecule has 2 fully saturated rings. The van der Waals surface area contributed by atoms with E-state index in [1.807, 2.05) is 0 Å². The van der Waals surface area contributed by atoms with Crippen molar-refractivity contribution >= 4 is 58.6 Å². The van der Waals surface area contributed by atoms with Crippen molar-refractivity contribution < 1.29 is 38.4 Å². The number of nitrogens with one attached hydrogen (secondary N) is 4. The highest BCUT2D eigenvalue weighted by Gasteiger charge is 2.47. The fraction of sp³-hybridized carbons (Fsp3) is 0.250. The van der Waals surface area contributed by atoms with E-state index in [9.17, 15) is 38.4 Å². The smallest absolute Gasteiger partial charge is 0.264 e. The molecule has 1 aromatic heterocycles. The lowest BCUT2D eigenvalue weighted by atomic mass is 10.0. The van der Waals surface area contributed by atoms with Crippen LogP contribution in [-0.2, 0) is 32.3 Å². The summed E-state index contributed by atoms with van der Waals surface area (Å²) >= 11 is 0. The monoisotopic (exact) mass is 650 g/mol. The number of hydrogen-bond acceptors (Lipinski definition) is 12. The van der Waals surface area contributed by atoms with Crippen molar-refractivity contribution in [1.82, 2.24) is 30.4 Å². The highest BCUT2D eigenvalue weighted by Crippen LogP contribution is 2.34. The Hall–Kier alpha value is -6.32. The van der Waals surface area contributed by atoms with Crippen LogP contribution in [0.5, 0.6) is 0 Å². The van der Waals surface area contributed by atoms with Crippen LogP contribution in [0.1, 0.15) is 78.5 Å². The molecule has 4 N–H and O–H groups in total. The maximum atomic E-state index is 13.3. The lowest BCUT2D eigenvalue weighted by molar-refractivity contribution is -0.137. The number of benzene rings is 2. The van der Waals surface area contributed by atoms with Gasteiger partial charge in [0.05, 0.1) is 59.1 Å². The molecule has 8 amide bonds. The molecule has 5 heterocycles. The largest absolute Gasteiger partial charge is 0.379 e. The van der Waals surface area contributed by atoms with Crippen LogP contribution in [-0.4, -0.2) is 79.1 Å². The average Bonchev–Trinajstić information content (AvgIpc) is 3.48. The van der Waals surface area contributed by atoms with E-state index >= 15 is 0 Å². The Labute approximate surface area is 271 Å². The molecule has 16 heteroatoms. The van der Waals surface area contributed by atoms with E-state index in [1.165, 1.54) is 24.5 Å². The molecule has 2 saturated heterocycles. The zero-order chi connectivity index (χ0) is 33.7. The highest BCUT2D eigenvalue weighted by atomic mass is 16.2. The SMILES string of the molecule is O=C1CCC(N2C(=O)c3cccc(NCc4cnc(CNc5cccc6c5C(=O)N(C5CCC(=O)NC5=O)C6=O)cn4)c3C2=O)C(=O)N1. The quantitative estimate of drug-likeness (QED) is 0.245. The number of anilines is 2. The molecule has 0 bridgehead atoms. The average molecular weight is 651 g/mol. The molecule has 0 radical (unpaired) electrons. The second kappa shape index (κ2) is 11.8. The van der Waals surface area contributed by atoms with Gasteiger partial charge in [-0.3, -0.25) is 68.8 Å². The summed E-state index contributed by atoms with van der Waals surface area (Å²) in [4.78, 5) is 111. The number of aromatic nitrogens is 2. The minimum atomic E-state index is -1.07. The zero-order valence-electron chi connectivity index (χ0n) is 25.1. The lowest BCUT2D eigenvalue weighted by Crippen LogP contribution is -2.54. The predicted molar refractivity (Wildman–Crippen MR) is 163 cm³/mol. The summed E-state index contributed by atoms with van der Waals surface area (Å²) in [5.41, 5.74) is 2.31. The summed E-state index contributed by atoms with van der Waals surface area (Å²) in [6, 6.07) is 7.36. The Morgan fingerprint density at radius 3 is 1.40 bits per heavy atom. The number of amides is 8. The van der Waals surface area contributed by atoms with E-state index < -0.39 is 59.3 Å². The number of hydrogen-bond donors (Lipinski definition) is 4. The van der Waals surface area contributed by atoms with Crippen LogP contribution in [0, 0.1) is 0 Å². The third-order valence-electron chi connectivity index (χ3n) is 8.61. The van der Waals surface area contributed by atoms with Crippen LogP contribution in [0.25, 0.3) is 0 Å². The van der Waals surface area contributed by atoms with Gasteiger partial charge in [0.1, 0.15) is 12.1 Å². The normalized spacial score (nSPS) is 20.5. The van der Waals surface area contributed by atoms with Gasteiger partial charge in [-0.2, -0.15) is 0 Å². The van der Waals surface area contributed by atoms with Crippen molar-refractivity contribution in [2.24, 2.45) is 0 Å². The Morgan fingerprint density at radius 2 is 1.02 bits per heavy atom. The van der Waals surface area contributed by atoms with Gasteiger partial charge in [0.2, 0.25) is 23.6 Å². The van der Waals surface area contributed by atoms with Crippen molar-refractivity contribution in [3.63, 3.8) is 0 Å². The maximum Gasteiger partial charge on any atom is 0.264 e. The molecule has 0 saturated carbocycles. The van der Waals surface area contributed by atoms with Crippen LogP contribution in [0.3, 0.4) is 0 Å². The van der Waals surface area contributed by atoms with Gasteiger partial charge in [-0.05, 0) is 37.1 Å². The summed E-state index contributed by atoms with van der Waals surface area (Å²) in [5, 5.41) is 10.6. The number of carbonyl (C=O) groups excluding carboxylic acids is 8. The van der Waals surface area contributed by atoms with Crippen LogP contribution in [0.2, 0.25) is 0 Å². The number of fused-ring (bicyclic) bond motifs is 2. The Kier molecular flexibility index (Phi) is 7.46. The van der Waals surface area contributed by atoms with Gasteiger partial charge < -0.3 is 10.6 Å². The highest BCUT2D eigenvalue weighted by molar-refractivity contribution is 6.26. The third-order valence-corrected chi connectivity index (χ3v) is 8.61. The fourth-order valence-corrected chi connectivity index (χ4v) is 6.26. The first-order chi connectivity index (χ1) is 23.1. The summed E-state index contributed by atoms with van der Waals surface area (Å²) in [5.74, 6) is -4.76. The van der Waals surface area contributed by atoms with Gasteiger partial charge in [-0.15, -0.1) is 0 Å². The van der Waals surface area contributed by atoms with E-state index in [-0.39, 0.29) is 61.0 Å². The Balaban J connectivity index is 1.00. The Bertz CT molecular complexity index is 1840. The first-order valence-corrected chi connectivity index (χ1v) is 15.1. The molecule has 2 atom stereocenters. The molecular weight excluding hydrogens is 624 g/mol. The molecule has 48 heavy (non-hydrogen) atoms. The fourth-order valence-electron chi connectivity index (χ4n) is 6.26. The number of rotatable bonds is 8. The van der Waals surface area contributed by atoms with Crippen LogP contribution in [0.4, 0.5) is 11.4 Å². The minimum Gasteiger partial charge on any atom is -0.379 e. The van der Waals surface area contributed by atoms with Crippen LogP contribution < -0.4 is 21.3 Å². The zero-order valence-corrected chi connectivity index (χ0v) is 25.1. The van der Waals surface area contributed by atoms with E-state index in [2.05, 4.69) is 31.2 Å². The van der Waals surface area contributed by atoms with Gasteiger partial charge >= 0.3 is 0 Å². The van der Waals surface area contributed by atoms with E-state index in [1.54, 1.807) is 24.3 Å². The Morgan fingerprint density at radius 1 is 0.604 bits per heavy atom. The first kappa shape index (κ1) is 30.3. The van der Waals surface area contributed by atoms with Crippen molar-refractivity contribution in [3.8, 4) is 0 Å². The van der Waals surface area contributed by atoms with Gasteiger partial charge in [-0.1, -0.05) is 12.1 Å². The topological polar surface area (TPSA) is 217 Å². The third kappa shape index (κ3) is 5.12. The summed E-state index contributed by atoms with van der Waals surface area (Å²) in [6.45, 7) is 0.298. The molecule has 0 aliphatic carbocycles. The minimum absolute atomic E-state index is 0.0214. The number of nitrogens with zero attached hydrogens (tertiary/aromatic N) is 4. The summed E-state index contributed by atoms with van der Waals surface area (Å²) < 4.78 is 0. The molecule has 2 aromatic carbocycles. The summed E-state index contributed by atoms with van der Waals surface area (Å²) in [6.07, 6.45) is 3.19. The number of imide groups is 4. The van der Waals surface area contributed by atoms with Crippen molar-refractivity contribution in [2.75, 3.05) is 10.6 Å². The van der Waals surface area contributed by atoms with Gasteiger partial charge in [0.25, 0.3) is 23.6 Å². The summed E-state index contributed by atoms with van der Waals surface area (Å²) in [7, 11) is 0. The molecule has 4 aliphatic heterocycles. The number of carbonyl (C=O) groups is 8. The molecule has 242 valence electrons. The first-order valence-electron chi connectivity index (χ1n) is 15.1. The second-order valence-corrected chi connectivity index (χ2v) is 11.6. The predicted octanol–water partition coefficient (Wildman–Crippen LogP) is 0.503. The van der Waals surface area contributed by atoms with Crippen LogP contribution >= 0.6 is 0 Å². The molecule has 4 aliphatic rings. The van der Waals surface area contributed by atoms with Gasteiger partial charge in [0, 0.05) is 24.2 Å². The molecule has 3 aromatic rings. The van der Waals surface area contributed by atoms with Gasteiger partial charge in [-0.25, -0.2) is 0 Å². The van der Waals surface area contributed by atoms with E-state index in [4.69, 9.17) is 0 Å². The second-order valence-electron chi connectivity index (χ2n) is 11.6. The lowest BCUT2D eigenvalue weighted by Gasteiger charge is -2.27. The molecule has 16 nitrogen and oxygen atoms in total. The molecular formula is C32H26N8O8. The maximum absolute atomic E-state index is 13.3. The molecule has 2 unspecified atom stereocenters. The van der Waals surface area contributed by atoms with E-state index in [0.29, 0.717) is 22.8 Å². The van der Waals surface area contributed by atoms with Crippen molar-refractivity contribution in [2.45, 2.75) is 50.9 Å².